The molecule has 2 unspecified atom stereocenters. The molecular weight excluding hydrogens is 328 g/mol. The Morgan fingerprint density at radius 3 is 2.62 bits per heavy atom. The Kier molecular flexibility index (Phi) is 5.90. The van der Waals surface area contributed by atoms with Crippen molar-refractivity contribution in [3.05, 3.63) is 30.2 Å². The van der Waals surface area contributed by atoms with Gasteiger partial charge in [-0.1, -0.05) is 13.8 Å². The molecule has 2 aromatic heterocycles. The van der Waals surface area contributed by atoms with E-state index < -0.39 is 0 Å². The molecule has 3 rings (SSSR count). The summed E-state index contributed by atoms with van der Waals surface area (Å²) in [6.07, 6.45) is 5.77. The molecule has 0 saturated heterocycles. The SMILES string of the molecule is CC(C)c1cc(NC(=O)C2CCC(N)C2)n(-c2ncccn2)n1.Cl. The molecule has 0 radical (unpaired) electrons. The topological polar surface area (TPSA) is 98.7 Å². The molecule has 0 spiro atoms. The molecule has 130 valence electrons. The van der Waals surface area contributed by atoms with E-state index in [1.165, 1.54) is 0 Å². The summed E-state index contributed by atoms with van der Waals surface area (Å²) in [6.45, 7) is 4.11. The van der Waals surface area contributed by atoms with Gasteiger partial charge in [-0.05, 0) is 31.2 Å². The van der Waals surface area contributed by atoms with E-state index in [1.807, 2.05) is 6.07 Å². The zero-order chi connectivity index (χ0) is 16.4. The number of anilines is 1. The van der Waals surface area contributed by atoms with Crippen molar-refractivity contribution in [2.45, 2.75) is 45.1 Å². The average Bonchev–Trinajstić information content (AvgIpc) is 3.15. The third-order valence-corrected chi connectivity index (χ3v) is 4.16. The number of amides is 1. The Hall–Kier alpha value is -1.99. The maximum Gasteiger partial charge on any atom is 0.252 e. The van der Waals surface area contributed by atoms with Crippen molar-refractivity contribution < 1.29 is 4.79 Å². The lowest BCUT2D eigenvalue weighted by Gasteiger charge is -2.11. The van der Waals surface area contributed by atoms with Crippen LogP contribution in [-0.4, -0.2) is 31.7 Å². The van der Waals surface area contributed by atoms with Gasteiger partial charge in [0.1, 0.15) is 5.82 Å². The maximum atomic E-state index is 12.5. The van der Waals surface area contributed by atoms with E-state index in [4.69, 9.17) is 5.73 Å². The number of hydrogen-bond donors (Lipinski definition) is 2. The fourth-order valence-electron chi connectivity index (χ4n) is 2.81. The average molecular weight is 351 g/mol. The van der Waals surface area contributed by atoms with Crippen LogP contribution in [0, 0.1) is 5.92 Å². The molecule has 0 bridgehead atoms. The highest BCUT2D eigenvalue weighted by atomic mass is 35.5. The zero-order valence-corrected chi connectivity index (χ0v) is 14.7. The summed E-state index contributed by atoms with van der Waals surface area (Å²) in [5, 5.41) is 7.50. The van der Waals surface area contributed by atoms with Gasteiger partial charge in [0, 0.05) is 30.4 Å². The summed E-state index contributed by atoms with van der Waals surface area (Å²) in [5.74, 6) is 1.25. The van der Waals surface area contributed by atoms with E-state index in [0.717, 1.165) is 25.0 Å². The second-order valence-electron chi connectivity index (χ2n) is 6.33. The highest BCUT2D eigenvalue weighted by molar-refractivity contribution is 5.92. The molecule has 1 amide bonds. The van der Waals surface area contributed by atoms with Gasteiger partial charge in [0.25, 0.3) is 5.95 Å². The van der Waals surface area contributed by atoms with E-state index >= 15 is 0 Å². The molecule has 3 N–H and O–H groups in total. The van der Waals surface area contributed by atoms with Crippen LogP contribution in [0.4, 0.5) is 5.82 Å². The second kappa shape index (κ2) is 7.72. The molecule has 1 saturated carbocycles. The van der Waals surface area contributed by atoms with E-state index in [1.54, 1.807) is 23.1 Å². The maximum absolute atomic E-state index is 12.5. The van der Waals surface area contributed by atoms with Gasteiger partial charge in [-0.25, -0.2) is 9.97 Å². The molecule has 0 aromatic carbocycles. The van der Waals surface area contributed by atoms with Crippen LogP contribution in [0.3, 0.4) is 0 Å². The smallest absolute Gasteiger partial charge is 0.252 e. The van der Waals surface area contributed by atoms with E-state index in [-0.39, 0.29) is 36.2 Å². The van der Waals surface area contributed by atoms with Crippen molar-refractivity contribution in [1.82, 2.24) is 19.7 Å². The first-order chi connectivity index (χ1) is 11.0. The minimum absolute atomic E-state index is 0. The van der Waals surface area contributed by atoms with Gasteiger partial charge < -0.3 is 11.1 Å². The number of halogens is 1. The zero-order valence-electron chi connectivity index (χ0n) is 13.8. The van der Waals surface area contributed by atoms with Gasteiger partial charge >= 0.3 is 0 Å². The molecular formula is C16H23ClN6O. The van der Waals surface area contributed by atoms with Crippen LogP contribution in [0.5, 0.6) is 0 Å². The van der Waals surface area contributed by atoms with Gasteiger partial charge in [-0.2, -0.15) is 9.78 Å². The quantitative estimate of drug-likeness (QED) is 0.881. The number of carbonyl (C=O) groups excluding carboxylic acids is 1. The van der Waals surface area contributed by atoms with Gasteiger partial charge in [-0.3, -0.25) is 4.79 Å². The molecule has 2 heterocycles. The number of aromatic nitrogens is 4. The first-order valence-corrected chi connectivity index (χ1v) is 7.98. The first kappa shape index (κ1) is 18.4. The van der Waals surface area contributed by atoms with Crippen molar-refractivity contribution in [2.75, 3.05) is 5.32 Å². The van der Waals surface area contributed by atoms with Crippen LogP contribution in [0.15, 0.2) is 24.5 Å². The molecule has 2 atom stereocenters. The normalized spacial score (nSPS) is 20.0. The monoisotopic (exact) mass is 350 g/mol. The number of rotatable bonds is 4. The first-order valence-electron chi connectivity index (χ1n) is 7.98. The summed E-state index contributed by atoms with van der Waals surface area (Å²) < 4.78 is 1.59. The van der Waals surface area contributed by atoms with Crippen LogP contribution in [0.2, 0.25) is 0 Å². The van der Waals surface area contributed by atoms with Crippen LogP contribution in [0.1, 0.15) is 44.7 Å². The largest absolute Gasteiger partial charge is 0.328 e. The Balaban J connectivity index is 0.00000208. The lowest BCUT2D eigenvalue weighted by Crippen LogP contribution is -2.24. The number of carbonyl (C=O) groups is 1. The third kappa shape index (κ3) is 3.91. The Morgan fingerprint density at radius 2 is 2.04 bits per heavy atom. The molecule has 1 aliphatic carbocycles. The fourth-order valence-corrected chi connectivity index (χ4v) is 2.81. The lowest BCUT2D eigenvalue weighted by molar-refractivity contribution is -0.119. The summed E-state index contributed by atoms with van der Waals surface area (Å²) in [4.78, 5) is 20.9. The summed E-state index contributed by atoms with van der Waals surface area (Å²) in [6, 6.07) is 3.75. The molecule has 24 heavy (non-hydrogen) atoms. The number of hydrogen-bond acceptors (Lipinski definition) is 5. The Labute approximate surface area is 147 Å². The van der Waals surface area contributed by atoms with E-state index in [2.05, 4.69) is 34.2 Å². The Bertz CT molecular complexity index is 687. The minimum atomic E-state index is -0.0347. The predicted molar refractivity (Wildman–Crippen MR) is 94.4 cm³/mol. The fraction of sp³-hybridized carbons (Fsp3) is 0.500. The summed E-state index contributed by atoms with van der Waals surface area (Å²) in [7, 11) is 0. The summed E-state index contributed by atoms with van der Waals surface area (Å²) >= 11 is 0. The van der Waals surface area contributed by atoms with Crippen molar-refractivity contribution in [3.8, 4) is 5.95 Å². The molecule has 1 fully saturated rings. The van der Waals surface area contributed by atoms with E-state index in [9.17, 15) is 4.79 Å². The van der Waals surface area contributed by atoms with Crippen molar-refractivity contribution in [3.63, 3.8) is 0 Å². The second-order valence-corrected chi connectivity index (χ2v) is 6.33. The minimum Gasteiger partial charge on any atom is -0.328 e. The van der Waals surface area contributed by atoms with Crippen LogP contribution < -0.4 is 11.1 Å². The molecule has 7 nitrogen and oxygen atoms in total. The van der Waals surface area contributed by atoms with Crippen molar-refractivity contribution in [1.29, 1.82) is 0 Å². The summed E-state index contributed by atoms with van der Waals surface area (Å²) in [5.41, 5.74) is 6.79. The number of nitrogens with two attached hydrogens (primary N) is 1. The number of nitrogens with zero attached hydrogens (tertiary/aromatic N) is 4. The van der Waals surface area contributed by atoms with Crippen LogP contribution >= 0.6 is 12.4 Å². The molecule has 0 aliphatic heterocycles. The molecule has 2 aromatic rings. The highest BCUT2D eigenvalue weighted by Crippen LogP contribution is 2.27. The Morgan fingerprint density at radius 1 is 1.33 bits per heavy atom. The van der Waals surface area contributed by atoms with Crippen LogP contribution in [-0.2, 0) is 4.79 Å². The third-order valence-electron chi connectivity index (χ3n) is 4.16. The predicted octanol–water partition coefficient (Wildman–Crippen LogP) is 2.27. The molecule has 1 aliphatic rings. The molecule has 8 heteroatoms. The van der Waals surface area contributed by atoms with Crippen molar-refractivity contribution in [2.24, 2.45) is 11.7 Å². The van der Waals surface area contributed by atoms with Gasteiger partial charge in [0.05, 0.1) is 5.69 Å². The van der Waals surface area contributed by atoms with Gasteiger partial charge in [0.15, 0.2) is 0 Å². The van der Waals surface area contributed by atoms with Gasteiger partial charge in [0.2, 0.25) is 5.91 Å². The van der Waals surface area contributed by atoms with E-state index in [0.29, 0.717) is 11.8 Å². The van der Waals surface area contributed by atoms with Crippen molar-refractivity contribution >= 4 is 24.1 Å². The number of nitrogens with one attached hydrogen (secondary N) is 1. The van der Waals surface area contributed by atoms with Crippen LogP contribution in [0.25, 0.3) is 5.95 Å². The van der Waals surface area contributed by atoms with Gasteiger partial charge in [-0.15, -0.1) is 12.4 Å². The highest BCUT2D eigenvalue weighted by Gasteiger charge is 2.28. The standard InChI is InChI=1S/C16H22N6O.ClH/c1-10(2)13-9-14(20-15(23)11-4-5-12(17)8-11)22(21-13)16-18-6-3-7-19-16;/h3,6-7,9-12H,4-5,8,17H2,1-2H3,(H,20,23);1H. The lowest BCUT2D eigenvalue weighted by atomic mass is 10.1.